The highest BCUT2D eigenvalue weighted by Gasteiger charge is 2.19. The van der Waals surface area contributed by atoms with E-state index in [-0.39, 0.29) is 12.1 Å². The molecule has 0 saturated heterocycles. The molecule has 0 saturated carbocycles. The van der Waals surface area contributed by atoms with E-state index >= 15 is 4.39 Å². The molecule has 0 radical (unpaired) electrons. The zero-order valence-corrected chi connectivity index (χ0v) is 23.6. The van der Waals surface area contributed by atoms with Gasteiger partial charge in [0.05, 0.1) is 23.6 Å². The van der Waals surface area contributed by atoms with Gasteiger partial charge in [0.2, 0.25) is 0 Å². The highest BCUT2D eigenvalue weighted by Crippen LogP contribution is 2.27. The van der Waals surface area contributed by atoms with Crippen molar-refractivity contribution >= 4 is 16.9 Å². The van der Waals surface area contributed by atoms with Gasteiger partial charge in [0.15, 0.2) is 12.2 Å². The van der Waals surface area contributed by atoms with Crippen molar-refractivity contribution in [1.82, 2.24) is 4.57 Å². The van der Waals surface area contributed by atoms with E-state index in [0.29, 0.717) is 46.7 Å². The van der Waals surface area contributed by atoms with Crippen LogP contribution in [0, 0.1) is 5.82 Å². The quantitative estimate of drug-likeness (QED) is 0.155. The lowest BCUT2D eigenvalue weighted by Crippen LogP contribution is -2.18. The lowest BCUT2D eigenvalue weighted by Gasteiger charge is -2.18. The SMILES string of the molecule is CCCCc1ccc(F)c2c(=O)c(-c3ccc(OC)cc3)cn(COC(=O)c3ccc(OCc4ccccc4)cc3)c12. The number of aromatic nitrogens is 1. The number of ether oxygens (including phenoxy) is 3. The van der Waals surface area contributed by atoms with E-state index in [1.54, 1.807) is 72.5 Å². The second-order valence-corrected chi connectivity index (χ2v) is 9.96. The number of nitrogens with zero attached hydrogens (tertiary/aromatic N) is 1. The van der Waals surface area contributed by atoms with Gasteiger partial charge in [-0.2, -0.15) is 0 Å². The summed E-state index contributed by atoms with van der Waals surface area (Å²) < 4.78 is 33.7. The van der Waals surface area contributed by atoms with Crippen LogP contribution in [0.1, 0.15) is 41.3 Å². The Morgan fingerprint density at radius 3 is 2.29 bits per heavy atom. The molecule has 42 heavy (non-hydrogen) atoms. The van der Waals surface area contributed by atoms with Gasteiger partial charge < -0.3 is 18.8 Å². The first-order valence-electron chi connectivity index (χ1n) is 13.9. The number of methoxy groups -OCH3 is 1. The Labute approximate surface area is 243 Å². The molecule has 0 atom stereocenters. The van der Waals surface area contributed by atoms with Crippen LogP contribution in [0.2, 0.25) is 0 Å². The zero-order valence-electron chi connectivity index (χ0n) is 23.6. The van der Waals surface area contributed by atoms with E-state index in [0.717, 1.165) is 24.0 Å². The Balaban J connectivity index is 1.43. The molecule has 4 aromatic carbocycles. The van der Waals surface area contributed by atoms with E-state index in [2.05, 4.69) is 6.92 Å². The van der Waals surface area contributed by atoms with E-state index in [1.807, 2.05) is 30.3 Å². The minimum atomic E-state index is -0.614. The van der Waals surface area contributed by atoms with Gasteiger partial charge in [-0.05, 0) is 72.0 Å². The Hall–Kier alpha value is -4.91. The van der Waals surface area contributed by atoms with Gasteiger partial charge in [-0.25, -0.2) is 9.18 Å². The number of benzene rings is 4. The number of pyridine rings is 1. The van der Waals surface area contributed by atoms with Gasteiger partial charge >= 0.3 is 5.97 Å². The maximum atomic E-state index is 15.3. The van der Waals surface area contributed by atoms with E-state index in [9.17, 15) is 9.59 Å². The van der Waals surface area contributed by atoms with Gasteiger partial charge in [0.1, 0.15) is 23.9 Å². The van der Waals surface area contributed by atoms with Gasteiger partial charge in [-0.1, -0.05) is 61.9 Å². The van der Waals surface area contributed by atoms with Crippen molar-refractivity contribution in [3.63, 3.8) is 0 Å². The monoisotopic (exact) mass is 565 g/mol. The third kappa shape index (κ3) is 6.36. The van der Waals surface area contributed by atoms with Crippen molar-refractivity contribution in [2.75, 3.05) is 7.11 Å². The molecule has 0 aliphatic heterocycles. The van der Waals surface area contributed by atoms with Crippen LogP contribution in [0.5, 0.6) is 11.5 Å². The summed E-state index contributed by atoms with van der Waals surface area (Å²) in [5.74, 6) is 0.103. The number of carbonyl (C=O) groups is 1. The molecule has 0 aliphatic rings. The molecule has 7 heteroatoms. The average Bonchev–Trinajstić information content (AvgIpc) is 3.03. The molecule has 5 rings (SSSR count). The minimum Gasteiger partial charge on any atom is -0.497 e. The third-order valence-corrected chi connectivity index (χ3v) is 7.13. The van der Waals surface area contributed by atoms with Crippen molar-refractivity contribution in [2.45, 2.75) is 39.5 Å². The van der Waals surface area contributed by atoms with Gasteiger partial charge in [-0.3, -0.25) is 4.79 Å². The van der Waals surface area contributed by atoms with Gasteiger partial charge in [0, 0.05) is 11.8 Å². The number of hydrogen-bond donors (Lipinski definition) is 0. The molecule has 5 aromatic rings. The van der Waals surface area contributed by atoms with E-state index in [1.165, 1.54) is 6.07 Å². The first-order chi connectivity index (χ1) is 20.5. The molecular formula is C35H32FNO5. The van der Waals surface area contributed by atoms with Gasteiger partial charge in [-0.15, -0.1) is 0 Å². The summed E-state index contributed by atoms with van der Waals surface area (Å²) >= 11 is 0. The first kappa shape index (κ1) is 28.6. The molecule has 0 unspecified atom stereocenters. The predicted molar refractivity (Wildman–Crippen MR) is 161 cm³/mol. The Morgan fingerprint density at radius 2 is 1.60 bits per heavy atom. The minimum absolute atomic E-state index is 0.0205. The predicted octanol–water partition coefficient (Wildman–Crippen LogP) is 7.55. The van der Waals surface area contributed by atoms with Crippen molar-refractivity contribution in [3.05, 3.63) is 130 Å². The molecule has 214 valence electrons. The number of rotatable bonds is 11. The van der Waals surface area contributed by atoms with Crippen LogP contribution in [0.3, 0.4) is 0 Å². The average molecular weight is 566 g/mol. The summed E-state index contributed by atoms with van der Waals surface area (Å²) in [5.41, 5.74) is 3.13. The molecule has 0 N–H and O–H groups in total. The summed E-state index contributed by atoms with van der Waals surface area (Å²) in [6.07, 6.45) is 4.10. The van der Waals surface area contributed by atoms with Crippen LogP contribution in [-0.2, 0) is 24.5 Å². The molecule has 0 amide bonds. The number of fused-ring (bicyclic) bond motifs is 1. The molecule has 0 bridgehead atoms. The van der Waals surface area contributed by atoms with Gasteiger partial charge in [0.25, 0.3) is 0 Å². The van der Waals surface area contributed by atoms with E-state index in [4.69, 9.17) is 14.2 Å². The van der Waals surface area contributed by atoms with Crippen molar-refractivity contribution in [1.29, 1.82) is 0 Å². The molecule has 0 spiro atoms. The van der Waals surface area contributed by atoms with Crippen LogP contribution in [0.4, 0.5) is 4.39 Å². The topological polar surface area (TPSA) is 66.8 Å². The Morgan fingerprint density at radius 1 is 0.881 bits per heavy atom. The standard InChI is InChI=1S/C35H32FNO5/c1-3-4-10-26-15-20-31(36)32-33(26)37(21-30(34(32)38)25-11-16-28(40-2)17-12-25)23-42-35(39)27-13-18-29(19-14-27)41-22-24-8-6-5-7-9-24/h5-9,11-21H,3-4,10,22-23H2,1-2H3. The van der Waals surface area contributed by atoms with Crippen LogP contribution in [-0.4, -0.2) is 17.6 Å². The number of halogens is 1. The van der Waals surface area contributed by atoms with Crippen LogP contribution in [0.15, 0.2) is 102 Å². The number of esters is 1. The lowest BCUT2D eigenvalue weighted by atomic mass is 9.99. The second-order valence-electron chi connectivity index (χ2n) is 9.96. The summed E-state index contributed by atoms with van der Waals surface area (Å²) in [5, 5.41) is -0.0205. The largest absolute Gasteiger partial charge is 0.497 e. The fraction of sp³-hybridized carbons (Fsp3) is 0.200. The maximum Gasteiger partial charge on any atom is 0.339 e. The van der Waals surface area contributed by atoms with Crippen LogP contribution >= 0.6 is 0 Å². The molecule has 1 heterocycles. The summed E-state index contributed by atoms with van der Waals surface area (Å²) in [6, 6.07) is 26.5. The second kappa shape index (κ2) is 13.2. The number of aryl methyl sites for hydroxylation is 1. The fourth-order valence-electron chi connectivity index (χ4n) is 4.85. The van der Waals surface area contributed by atoms with Crippen molar-refractivity contribution in [3.8, 4) is 22.6 Å². The van der Waals surface area contributed by atoms with Crippen molar-refractivity contribution in [2.24, 2.45) is 0 Å². The summed E-state index contributed by atoms with van der Waals surface area (Å²) in [7, 11) is 1.56. The van der Waals surface area contributed by atoms with Crippen LogP contribution in [0.25, 0.3) is 22.0 Å². The third-order valence-electron chi connectivity index (χ3n) is 7.13. The number of unbranched alkanes of at least 4 members (excludes halogenated alkanes) is 1. The molecule has 0 fully saturated rings. The summed E-state index contributed by atoms with van der Waals surface area (Å²) in [4.78, 5) is 26.6. The molecular weight excluding hydrogens is 533 g/mol. The van der Waals surface area contributed by atoms with E-state index < -0.39 is 17.2 Å². The van der Waals surface area contributed by atoms with Crippen LogP contribution < -0.4 is 14.9 Å². The highest BCUT2D eigenvalue weighted by atomic mass is 19.1. The fourth-order valence-corrected chi connectivity index (χ4v) is 4.85. The maximum absolute atomic E-state index is 15.3. The lowest BCUT2D eigenvalue weighted by molar-refractivity contribution is 0.0378. The normalized spacial score (nSPS) is 10.9. The summed E-state index contributed by atoms with van der Waals surface area (Å²) in [6.45, 7) is 2.28. The highest BCUT2D eigenvalue weighted by molar-refractivity contribution is 5.90. The molecule has 0 aliphatic carbocycles. The Bertz CT molecular complexity index is 1730. The molecule has 6 nitrogen and oxygen atoms in total. The van der Waals surface area contributed by atoms with Crippen molar-refractivity contribution < 1.29 is 23.4 Å². The first-order valence-corrected chi connectivity index (χ1v) is 13.9. The Kier molecular flexibility index (Phi) is 8.97. The number of hydrogen-bond acceptors (Lipinski definition) is 5. The smallest absolute Gasteiger partial charge is 0.339 e. The zero-order chi connectivity index (χ0) is 29.5. The molecule has 1 aromatic heterocycles. The number of carbonyl (C=O) groups excluding carboxylic acids is 1.